The van der Waals surface area contributed by atoms with E-state index in [0.29, 0.717) is 42.7 Å². The molecule has 0 spiro atoms. The largest absolute Gasteiger partial charge is 0.372 e. The average Bonchev–Trinajstić information content (AvgIpc) is 3.42. The molecule has 30 heavy (non-hydrogen) atoms. The standard InChI is InChI=1S/C20H20N6O4/c27-18-7-14(13-3-1-2-4-15(13)23-18)20(29)26-5-6-30-17-9-24(8-16(17)26)19(28)10-25-12-21-11-22-25/h1-4,7,11-12,16-17H,5-6,8-10H2,(H,23,27)/t16-,17+/m0/s1. The summed E-state index contributed by atoms with van der Waals surface area (Å²) in [5, 5.41) is 4.66. The summed E-state index contributed by atoms with van der Waals surface area (Å²) >= 11 is 0. The monoisotopic (exact) mass is 408 g/mol. The number of aromatic nitrogens is 4. The minimum atomic E-state index is -0.321. The number of rotatable bonds is 3. The zero-order valence-electron chi connectivity index (χ0n) is 16.1. The van der Waals surface area contributed by atoms with Crippen molar-refractivity contribution >= 4 is 22.7 Å². The fourth-order valence-corrected chi connectivity index (χ4v) is 4.23. The molecule has 0 bridgehead atoms. The van der Waals surface area contributed by atoms with E-state index in [1.807, 2.05) is 18.2 Å². The molecule has 2 aliphatic heterocycles. The second-order valence-electron chi connectivity index (χ2n) is 7.46. The van der Waals surface area contributed by atoms with Gasteiger partial charge in [0.2, 0.25) is 11.5 Å². The van der Waals surface area contributed by atoms with Crippen molar-refractivity contribution in [1.29, 1.82) is 0 Å². The predicted molar refractivity (Wildman–Crippen MR) is 106 cm³/mol. The molecule has 0 radical (unpaired) electrons. The molecule has 10 nitrogen and oxygen atoms in total. The summed E-state index contributed by atoms with van der Waals surface area (Å²) in [6, 6.07) is 8.32. The number of likely N-dealkylation sites (tertiary alicyclic amines) is 1. The number of para-hydroxylation sites is 1. The molecule has 2 aliphatic rings. The lowest BCUT2D eigenvalue weighted by Gasteiger charge is -2.36. The van der Waals surface area contributed by atoms with Gasteiger partial charge in [0.25, 0.3) is 5.91 Å². The van der Waals surface area contributed by atoms with E-state index in [1.165, 1.54) is 23.4 Å². The van der Waals surface area contributed by atoms with Crippen LogP contribution in [0.2, 0.25) is 0 Å². The Morgan fingerprint density at radius 3 is 2.93 bits per heavy atom. The zero-order chi connectivity index (χ0) is 20.7. The van der Waals surface area contributed by atoms with E-state index in [-0.39, 0.29) is 36.1 Å². The van der Waals surface area contributed by atoms with Gasteiger partial charge in [-0.3, -0.25) is 14.4 Å². The normalized spacial score (nSPS) is 21.1. The molecule has 0 saturated carbocycles. The maximum absolute atomic E-state index is 13.4. The third-order valence-electron chi connectivity index (χ3n) is 5.66. The van der Waals surface area contributed by atoms with Crippen molar-refractivity contribution in [3.63, 3.8) is 0 Å². The van der Waals surface area contributed by atoms with Gasteiger partial charge in [0.1, 0.15) is 19.2 Å². The Bertz CT molecular complexity index is 1160. The van der Waals surface area contributed by atoms with Crippen LogP contribution in [0.1, 0.15) is 10.4 Å². The van der Waals surface area contributed by atoms with Gasteiger partial charge in [0, 0.05) is 36.6 Å². The van der Waals surface area contributed by atoms with Crippen molar-refractivity contribution in [3.05, 3.63) is 58.9 Å². The molecule has 10 heteroatoms. The van der Waals surface area contributed by atoms with E-state index in [0.717, 1.165) is 0 Å². The highest BCUT2D eigenvalue weighted by Crippen LogP contribution is 2.26. The molecular formula is C20H20N6O4. The first-order valence-corrected chi connectivity index (χ1v) is 9.75. The summed E-state index contributed by atoms with van der Waals surface area (Å²) in [6.07, 6.45) is 2.62. The Balaban J connectivity index is 1.40. The first-order valence-electron chi connectivity index (χ1n) is 9.75. The van der Waals surface area contributed by atoms with E-state index in [9.17, 15) is 14.4 Å². The third kappa shape index (κ3) is 3.24. The topological polar surface area (TPSA) is 113 Å². The maximum atomic E-state index is 13.4. The Kier molecular flexibility index (Phi) is 4.55. The highest BCUT2D eigenvalue weighted by molar-refractivity contribution is 6.06. The van der Waals surface area contributed by atoms with Crippen LogP contribution in [-0.2, 0) is 16.1 Å². The fourth-order valence-electron chi connectivity index (χ4n) is 4.23. The SMILES string of the molecule is O=C(Cn1cncn1)N1C[C@H]2OCCN(C(=O)c3cc(=O)[nH]c4ccccc34)[C@H]2C1. The number of morpholine rings is 1. The average molecular weight is 408 g/mol. The lowest BCUT2D eigenvalue weighted by molar-refractivity contribution is -0.131. The summed E-state index contributed by atoms with van der Waals surface area (Å²) in [6.45, 7) is 1.68. The Morgan fingerprint density at radius 1 is 1.23 bits per heavy atom. The smallest absolute Gasteiger partial charge is 0.255 e. The van der Waals surface area contributed by atoms with Gasteiger partial charge in [0.15, 0.2) is 0 Å². The first-order chi connectivity index (χ1) is 14.6. The number of amides is 2. The van der Waals surface area contributed by atoms with Crippen LogP contribution in [0.25, 0.3) is 10.9 Å². The van der Waals surface area contributed by atoms with Gasteiger partial charge >= 0.3 is 0 Å². The molecule has 1 aromatic carbocycles. The van der Waals surface area contributed by atoms with Crippen LogP contribution in [-0.4, -0.2) is 79.7 Å². The molecule has 2 amide bonds. The van der Waals surface area contributed by atoms with Crippen LogP contribution in [0.5, 0.6) is 0 Å². The van der Waals surface area contributed by atoms with Gasteiger partial charge in [-0.25, -0.2) is 9.67 Å². The lowest BCUT2D eigenvalue weighted by atomic mass is 10.0. The van der Waals surface area contributed by atoms with Crippen LogP contribution in [0.4, 0.5) is 0 Å². The van der Waals surface area contributed by atoms with E-state index in [4.69, 9.17) is 4.74 Å². The van der Waals surface area contributed by atoms with Gasteiger partial charge in [-0.15, -0.1) is 0 Å². The number of pyridine rings is 1. The number of nitrogens with zero attached hydrogens (tertiary/aromatic N) is 5. The molecule has 5 rings (SSSR count). The molecule has 4 heterocycles. The molecule has 2 atom stereocenters. The van der Waals surface area contributed by atoms with E-state index < -0.39 is 0 Å². The number of nitrogens with one attached hydrogen (secondary N) is 1. The van der Waals surface area contributed by atoms with Crippen molar-refractivity contribution in [1.82, 2.24) is 29.5 Å². The fraction of sp³-hybridized carbons (Fsp3) is 0.350. The number of aromatic amines is 1. The van der Waals surface area contributed by atoms with Crippen molar-refractivity contribution in [2.24, 2.45) is 0 Å². The van der Waals surface area contributed by atoms with E-state index in [1.54, 1.807) is 15.9 Å². The van der Waals surface area contributed by atoms with Crippen molar-refractivity contribution in [2.45, 2.75) is 18.7 Å². The molecule has 2 aromatic heterocycles. The van der Waals surface area contributed by atoms with Gasteiger partial charge in [-0.1, -0.05) is 18.2 Å². The van der Waals surface area contributed by atoms with Crippen LogP contribution in [0.3, 0.4) is 0 Å². The van der Waals surface area contributed by atoms with Crippen molar-refractivity contribution < 1.29 is 14.3 Å². The highest BCUT2D eigenvalue weighted by Gasteiger charge is 2.44. The van der Waals surface area contributed by atoms with Crippen LogP contribution in [0, 0.1) is 0 Å². The predicted octanol–water partition coefficient (Wildman–Crippen LogP) is -0.128. The number of hydrogen-bond donors (Lipinski definition) is 1. The minimum absolute atomic E-state index is 0.0894. The maximum Gasteiger partial charge on any atom is 0.255 e. The number of ether oxygens (including phenoxy) is 1. The van der Waals surface area contributed by atoms with Gasteiger partial charge in [-0.2, -0.15) is 5.10 Å². The lowest BCUT2D eigenvalue weighted by Crippen LogP contribution is -2.53. The van der Waals surface area contributed by atoms with Crippen molar-refractivity contribution in [2.75, 3.05) is 26.2 Å². The van der Waals surface area contributed by atoms with Gasteiger partial charge in [-0.05, 0) is 6.07 Å². The first kappa shape index (κ1) is 18.5. The number of carbonyl (C=O) groups excluding carboxylic acids is 2. The van der Waals surface area contributed by atoms with Crippen LogP contribution in [0.15, 0.2) is 47.8 Å². The molecule has 0 unspecified atom stereocenters. The number of H-pyrrole nitrogens is 1. The van der Waals surface area contributed by atoms with E-state index in [2.05, 4.69) is 15.1 Å². The second-order valence-corrected chi connectivity index (χ2v) is 7.46. The molecule has 3 aromatic rings. The van der Waals surface area contributed by atoms with E-state index >= 15 is 0 Å². The number of carbonyl (C=O) groups is 2. The van der Waals surface area contributed by atoms with Gasteiger partial charge < -0.3 is 19.5 Å². The molecule has 1 N–H and O–H groups in total. The Hall–Kier alpha value is -3.53. The summed E-state index contributed by atoms with van der Waals surface area (Å²) in [5.41, 5.74) is 0.662. The Labute approximate surface area is 171 Å². The third-order valence-corrected chi connectivity index (χ3v) is 5.66. The molecular weight excluding hydrogens is 388 g/mol. The van der Waals surface area contributed by atoms with Crippen LogP contribution < -0.4 is 5.56 Å². The minimum Gasteiger partial charge on any atom is -0.372 e. The molecule has 2 fully saturated rings. The number of fused-ring (bicyclic) bond motifs is 2. The summed E-state index contributed by atoms with van der Waals surface area (Å²) in [5.74, 6) is -0.325. The van der Waals surface area contributed by atoms with Crippen molar-refractivity contribution in [3.8, 4) is 0 Å². The van der Waals surface area contributed by atoms with Crippen LogP contribution >= 0.6 is 0 Å². The Morgan fingerprint density at radius 2 is 2.10 bits per heavy atom. The molecule has 2 saturated heterocycles. The van der Waals surface area contributed by atoms with Gasteiger partial charge in [0.05, 0.1) is 24.3 Å². The quantitative estimate of drug-likeness (QED) is 0.646. The number of benzene rings is 1. The highest BCUT2D eigenvalue weighted by atomic mass is 16.5. The number of hydrogen-bond acceptors (Lipinski definition) is 6. The molecule has 0 aliphatic carbocycles. The second kappa shape index (κ2) is 7.38. The summed E-state index contributed by atoms with van der Waals surface area (Å²) in [7, 11) is 0. The summed E-state index contributed by atoms with van der Waals surface area (Å²) in [4.78, 5) is 48.2. The molecule has 154 valence electrons. The zero-order valence-corrected chi connectivity index (χ0v) is 16.1. The summed E-state index contributed by atoms with van der Waals surface area (Å²) < 4.78 is 7.32.